The van der Waals surface area contributed by atoms with Gasteiger partial charge in [-0.1, -0.05) is 44.2 Å². The number of hydrogen-bond donors (Lipinski definition) is 1. The largest absolute Gasteiger partial charge is 0.310 e. The van der Waals surface area contributed by atoms with Crippen LogP contribution in [0.5, 0.6) is 0 Å². The van der Waals surface area contributed by atoms with E-state index in [9.17, 15) is 0 Å². The Balaban J connectivity index is 2.58. The first-order valence-electron chi connectivity index (χ1n) is 7.66. The first-order valence-corrected chi connectivity index (χ1v) is 7.66. The molecule has 0 saturated heterocycles. The van der Waals surface area contributed by atoms with Crippen molar-refractivity contribution in [1.29, 1.82) is 0 Å². The van der Waals surface area contributed by atoms with Crippen LogP contribution < -0.4 is 5.32 Å². The van der Waals surface area contributed by atoms with Crippen LogP contribution in [0.4, 0.5) is 0 Å². The van der Waals surface area contributed by atoms with Gasteiger partial charge in [0.15, 0.2) is 0 Å². The molecule has 0 bridgehead atoms. The first kappa shape index (κ1) is 17.2. The highest BCUT2D eigenvalue weighted by Crippen LogP contribution is 2.22. The van der Waals surface area contributed by atoms with Gasteiger partial charge < -0.3 is 15.1 Å². The van der Waals surface area contributed by atoms with Crippen LogP contribution in [0.15, 0.2) is 30.3 Å². The lowest BCUT2D eigenvalue weighted by Crippen LogP contribution is -2.36. The maximum absolute atomic E-state index is 3.63. The van der Waals surface area contributed by atoms with Gasteiger partial charge in [0.05, 0.1) is 0 Å². The molecule has 0 spiro atoms. The third-order valence-electron chi connectivity index (χ3n) is 3.68. The highest BCUT2D eigenvalue weighted by molar-refractivity contribution is 5.19. The number of nitrogens with zero attached hydrogens (tertiary/aromatic N) is 2. The third kappa shape index (κ3) is 6.04. The van der Waals surface area contributed by atoms with Crippen LogP contribution >= 0.6 is 0 Å². The van der Waals surface area contributed by atoms with E-state index in [1.54, 1.807) is 0 Å². The molecule has 0 aliphatic carbocycles. The highest BCUT2D eigenvalue weighted by atomic mass is 15.2. The number of nitrogens with one attached hydrogen (secondary N) is 1. The summed E-state index contributed by atoms with van der Waals surface area (Å²) in [4.78, 5) is 4.66. The lowest BCUT2D eigenvalue weighted by Gasteiger charge is -2.29. The Kier molecular flexibility index (Phi) is 7.82. The molecular weight excluding hydrogens is 246 g/mol. The van der Waals surface area contributed by atoms with Crippen molar-refractivity contribution < 1.29 is 0 Å². The molecule has 2 atom stereocenters. The molecule has 0 heterocycles. The number of rotatable bonds is 9. The van der Waals surface area contributed by atoms with Crippen molar-refractivity contribution in [3.05, 3.63) is 35.9 Å². The highest BCUT2D eigenvalue weighted by Gasteiger charge is 2.19. The maximum atomic E-state index is 3.63. The van der Waals surface area contributed by atoms with Crippen LogP contribution in [0.2, 0.25) is 0 Å². The smallest absolute Gasteiger partial charge is 0.0358 e. The van der Waals surface area contributed by atoms with Gasteiger partial charge in [-0.25, -0.2) is 0 Å². The Morgan fingerprint density at radius 1 is 1.05 bits per heavy atom. The molecule has 0 radical (unpaired) electrons. The average Bonchev–Trinajstić information content (AvgIpc) is 2.43. The molecule has 1 N–H and O–H groups in total. The van der Waals surface area contributed by atoms with Gasteiger partial charge in [0.2, 0.25) is 0 Å². The summed E-state index contributed by atoms with van der Waals surface area (Å²) in [6.07, 6.45) is 0. The zero-order valence-corrected chi connectivity index (χ0v) is 13.8. The molecule has 0 aromatic heterocycles. The SMILES string of the molecule is CCNC(c1ccccc1)C(C)CN(C)CCN(C)C. The molecule has 1 aromatic rings. The normalized spacial score (nSPS) is 14.8. The van der Waals surface area contributed by atoms with Gasteiger partial charge in [0, 0.05) is 25.7 Å². The molecule has 3 heteroatoms. The summed E-state index contributed by atoms with van der Waals surface area (Å²) in [5.74, 6) is 0.588. The van der Waals surface area contributed by atoms with E-state index in [0.29, 0.717) is 12.0 Å². The zero-order chi connectivity index (χ0) is 15.0. The van der Waals surface area contributed by atoms with Crippen molar-refractivity contribution in [1.82, 2.24) is 15.1 Å². The third-order valence-corrected chi connectivity index (χ3v) is 3.68. The van der Waals surface area contributed by atoms with Crippen molar-refractivity contribution in [3.63, 3.8) is 0 Å². The quantitative estimate of drug-likeness (QED) is 0.748. The van der Waals surface area contributed by atoms with Gasteiger partial charge in [-0.2, -0.15) is 0 Å². The van der Waals surface area contributed by atoms with Crippen LogP contribution in [0, 0.1) is 5.92 Å². The van der Waals surface area contributed by atoms with E-state index in [1.165, 1.54) is 5.56 Å². The molecule has 0 saturated carbocycles. The fourth-order valence-electron chi connectivity index (χ4n) is 2.59. The average molecular weight is 277 g/mol. The predicted molar refractivity (Wildman–Crippen MR) is 88.1 cm³/mol. The van der Waals surface area contributed by atoms with E-state index >= 15 is 0 Å². The molecule has 114 valence electrons. The summed E-state index contributed by atoms with van der Waals surface area (Å²) in [5.41, 5.74) is 1.39. The van der Waals surface area contributed by atoms with Gasteiger partial charge in [-0.05, 0) is 39.2 Å². The van der Waals surface area contributed by atoms with E-state index in [1.807, 2.05) is 0 Å². The molecule has 2 unspecified atom stereocenters. The van der Waals surface area contributed by atoms with Crippen molar-refractivity contribution in [3.8, 4) is 0 Å². The molecule has 1 rings (SSSR count). The summed E-state index contributed by atoms with van der Waals surface area (Å²) in [6.45, 7) is 8.86. The van der Waals surface area contributed by atoms with Crippen LogP contribution in [-0.4, -0.2) is 57.1 Å². The van der Waals surface area contributed by atoms with Crippen molar-refractivity contribution in [2.24, 2.45) is 5.92 Å². The predicted octanol–water partition coefficient (Wildman–Crippen LogP) is 2.47. The standard InChI is InChI=1S/C17H31N3/c1-6-18-17(16-10-8-7-9-11-16)15(2)14-20(5)13-12-19(3)4/h7-11,15,17-18H,6,12-14H2,1-5H3. The van der Waals surface area contributed by atoms with Crippen molar-refractivity contribution in [2.45, 2.75) is 19.9 Å². The van der Waals surface area contributed by atoms with Crippen molar-refractivity contribution in [2.75, 3.05) is 47.3 Å². The molecule has 0 aliphatic heterocycles. The van der Waals surface area contributed by atoms with E-state index in [2.05, 4.69) is 80.4 Å². The van der Waals surface area contributed by atoms with Gasteiger partial charge in [0.1, 0.15) is 0 Å². The monoisotopic (exact) mass is 277 g/mol. The van der Waals surface area contributed by atoms with Crippen molar-refractivity contribution >= 4 is 0 Å². The second-order valence-electron chi connectivity index (χ2n) is 5.99. The molecule has 20 heavy (non-hydrogen) atoms. The summed E-state index contributed by atoms with van der Waals surface area (Å²) in [6, 6.07) is 11.2. The Morgan fingerprint density at radius 2 is 1.70 bits per heavy atom. The number of hydrogen-bond acceptors (Lipinski definition) is 3. The van der Waals surface area contributed by atoms with Crippen LogP contribution in [0.3, 0.4) is 0 Å². The zero-order valence-electron chi connectivity index (χ0n) is 13.8. The van der Waals surface area contributed by atoms with Gasteiger partial charge in [-0.15, -0.1) is 0 Å². The second-order valence-corrected chi connectivity index (χ2v) is 5.99. The molecule has 0 fully saturated rings. The van der Waals surface area contributed by atoms with E-state index in [4.69, 9.17) is 0 Å². The topological polar surface area (TPSA) is 18.5 Å². The molecule has 3 nitrogen and oxygen atoms in total. The summed E-state index contributed by atoms with van der Waals surface area (Å²) >= 11 is 0. The summed E-state index contributed by atoms with van der Waals surface area (Å²) < 4.78 is 0. The Hall–Kier alpha value is -0.900. The Morgan fingerprint density at radius 3 is 2.25 bits per heavy atom. The van der Waals surface area contributed by atoms with Gasteiger partial charge >= 0.3 is 0 Å². The molecular formula is C17H31N3. The maximum Gasteiger partial charge on any atom is 0.0358 e. The minimum absolute atomic E-state index is 0.433. The van der Waals surface area contributed by atoms with Crippen LogP contribution in [0.1, 0.15) is 25.5 Å². The number of benzene rings is 1. The van der Waals surface area contributed by atoms with E-state index < -0.39 is 0 Å². The minimum Gasteiger partial charge on any atom is -0.310 e. The first-order chi connectivity index (χ1) is 9.54. The summed E-state index contributed by atoms with van der Waals surface area (Å²) in [5, 5.41) is 3.63. The Bertz CT molecular complexity index is 351. The fraction of sp³-hybridized carbons (Fsp3) is 0.647. The van der Waals surface area contributed by atoms with Crippen LogP contribution in [0.25, 0.3) is 0 Å². The number of likely N-dealkylation sites (N-methyl/N-ethyl adjacent to an activating group) is 2. The van der Waals surface area contributed by atoms with Gasteiger partial charge in [0.25, 0.3) is 0 Å². The lowest BCUT2D eigenvalue weighted by molar-refractivity contribution is 0.227. The molecule has 0 aliphatic rings. The minimum atomic E-state index is 0.433. The lowest BCUT2D eigenvalue weighted by atomic mass is 9.94. The van der Waals surface area contributed by atoms with Gasteiger partial charge in [-0.3, -0.25) is 0 Å². The fourth-order valence-corrected chi connectivity index (χ4v) is 2.59. The second kappa shape index (κ2) is 9.11. The molecule has 1 aromatic carbocycles. The summed E-state index contributed by atoms with van der Waals surface area (Å²) in [7, 11) is 6.47. The van der Waals surface area contributed by atoms with E-state index in [0.717, 1.165) is 26.2 Å². The molecule has 0 amide bonds. The van der Waals surface area contributed by atoms with E-state index in [-0.39, 0.29) is 0 Å². The van der Waals surface area contributed by atoms with Crippen LogP contribution in [-0.2, 0) is 0 Å². The Labute approximate surface area is 125 Å².